The molecule has 0 unspecified atom stereocenters. The van der Waals surface area contributed by atoms with Gasteiger partial charge in [-0.2, -0.15) is 13.2 Å². The number of amides is 1. The van der Waals surface area contributed by atoms with Gasteiger partial charge in [0.25, 0.3) is 11.5 Å². The Hall–Kier alpha value is -2.59. The second kappa shape index (κ2) is 7.97. The number of anilines is 1. The standard InChI is InChI=1S/C17H16F3NO5S/c1-3-26-15(23)16(24,17(18,19)20)10-6-7-11(12(9-10)25-2)21-14(22)13-5-4-8-27-13/h4-9,24H,3H2,1-2H3,(H,21,22)/t16-/m1/s1. The summed E-state index contributed by atoms with van der Waals surface area (Å²) in [6, 6.07) is 6.05. The van der Waals surface area contributed by atoms with E-state index < -0.39 is 29.2 Å². The number of carbonyl (C=O) groups excluding carboxylic acids is 2. The number of aliphatic hydroxyl groups is 1. The number of alkyl halides is 3. The van der Waals surface area contributed by atoms with Gasteiger partial charge in [0.15, 0.2) is 0 Å². The van der Waals surface area contributed by atoms with Crippen molar-refractivity contribution in [3.8, 4) is 5.75 Å². The van der Waals surface area contributed by atoms with Crippen LogP contribution in [0.25, 0.3) is 0 Å². The Kier molecular flexibility index (Phi) is 6.11. The summed E-state index contributed by atoms with van der Waals surface area (Å²) < 4.78 is 49.7. The second-order valence-electron chi connectivity index (χ2n) is 5.28. The number of nitrogens with one attached hydrogen (secondary N) is 1. The first-order chi connectivity index (χ1) is 12.6. The summed E-state index contributed by atoms with van der Waals surface area (Å²) in [6.07, 6.45) is -5.33. The number of carbonyl (C=O) groups is 2. The highest BCUT2D eigenvalue weighted by Crippen LogP contribution is 2.42. The molecular formula is C17H16F3NO5S. The van der Waals surface area contributed by atoms with Crippen LogP contribution in [0.5, 0.6) is 5.75 Å². The molecule has 0 saturated carbocycles. The van der Waals surface area contributed by atoms with Gasteiger partial charge in [-0.1, -0.05) is 12.1 Å². The lowest BCUT2D eigenvalue weighted by Crippen LogP contribution is -2.50. The Balaban J connectivity index is 2.43. The Morgan fingerprint density at radius 2 is 1.96 bits per heavy atom. The lowest BCUT2D eigenvalue weighted by Gasteiger charge is -2.29. The topological polar surface area (TPSA) is 84.9 Å². The molecule has 27 heavy (non-hydrogen) atoms. The van der Waals surface area contributed by atoms with Crippen LogP contribution in [0.1, 0.15) is 22.2 Å². The average Bonchev–Trinajstić information content (AvgIpc) is 3.15. The highest BCUT2D eigenvalue weighted by Gasteiger charge is 2.62. The second-order valence-corrected chi connectivity index (χ2v) is 6.22. The van der Waals surface area contributed by atoms with Gasteiger partial charge >= 0.3 is 12.1 Å². The van der Waals surface area contributed by atoms with Gasteiger partial charge in [0.2, 0.25) is 0 Å². The number of methoxy groups -OCH3 is 1. The van der Waals surface area contributed by atoms with Gasteiger partial charge in [0, 0.05) is 5.56 Å². The molecule has 0 fully saturated rings. The number of thiophene rings is 1. The fraction of sp³-hybridized carbons (Fsp3) is 0.294. The van der Waals surface area contributed by atoms with Crippen molar-refractivity contribution in [3.05, 3.63) is 46.2 Å². The third kappa shape index (κ3) is 4.06. The summed E-state index contributed by atoms with van der Waals surface area (Å²) in [5.74, 6) is -2.49. The molecular weight excluding hydrogens is 387 g/mol. The Morgan fingerprint density at radius 3 is 2.48 bits per heavy atom. The van der Waals surface area contributed by atoms with Crippen molar-refractivity contribution in [1.82, 2.24) is 0 Å². The number of ether oxygens (including phenoxy) is 2. The number of halogens is 3. The van der Waals surface area contributed by atoms with Crippen molar-refractivity contribution in [2.45, 2.75) is 18.7 Å². The molecule has 1 heterocycles. The SMILES string of the molecule is CCOC(=O)[C@](O)(c1ccc(NC(=O)c2cccs2)c(OC)c1)C(F)(F)F. The van der Waals surface area contributed by atoms with Crippen LogP contribution < -0.4 is 10.1 Å². The molecule has 2 aromatic rings. The van der Waals surface area contributed by atoms with E-state index in [0.29, 0.717) is 4.88 Å². The molecule has 0 aliphatic rings. The maximum Gasteiger partial charge on any atom is 0.432 e. The van der Waals surface area contributed by atoms with Crippen molar-refractivity contribution in [3.63, 3.8) is 0 Å². The highest BCUT2D eigenvalue weighted by atomic mass is 32.1. The van der Waals surface area contributed by atoms with Crippen LogP contribution in [0.15, 0.2) is 35.7 Å². The van der Waals surface area contributed by atoms with Gasteiger partial charge in [-0.25, -0.2) is 4.79 Å². The third-order valence-electron chi connectivity index (χ3n) is 3.59. The average molecular weight is 403 g/mol. The van der Waals surface area contributed by atoms with Gasteiger partial charge in [-0.15, -0.1) is 11.3 Å². The van der Waals surface area contributed by atoms with E-state index >= 15 is 0 Å². The number of benzene rings is 1. The van der Waals surface area contributed by atoms with E-state index in [2.05, 4.69) is 10.1 Å². The fourth-order valence-electron chi connectivity index (χ4n) is 2.24. The largest absolute Gasteiger partial charge is 0.495 e. The predicted octanol–water partition coefficient (Wildman–Crippen LogP) is 3.32. The minimum atomic E-state index is -5.33. The Labute approximate surface area is 156 Å². The van der Waals surface area contributed by atoms with Gasteiger partial charge in [0.05, 0.1) is 24.3 Å². The van der Waals surface area contributed by atoms with Crippen molar-refractivity contribution in [2.75, 3.05) is 19.0 Å². The van der Waals surface area contributed by atoms with Crippen LogP contribution in [-0.2, 0) is 15.1 Å². The molecule has 0 spiro atoms. The van der Waals surface area contributed by atoms with Gasteiger partial charge in [-0.3, -0.25) is 4.79 Å². The molecule has 1 aromatic carbocycles. The predicted molar refractivity (Wildman–Crippen MR) is 91.9 cm³/mol. The molecule has 1 aromatic heterocycles. The van der Waals surface area contributed by atoms with Gasteiger partial charge in [-0.05, 0) is 30.5 Å². The smallest absolute Gasteiger partial charge is 0.432 e. The third-order valence-corrected chi connectivity index (χ3v) is 4.46. The number of esters is 1. The van der Waals surface area contributed by atoms with Gasteiger partial charge in [0.1, 0.15) is 5.75 Å². The van der Waals surface area contributed by atoms with Crippen LogP contribution in [-0.4, -0.2) is 36.9 Å². The Morgan fingerprint density at radius 1 is 1.26 bits per heavy atom. The quantitative estimate of drug-likeness (QED) is 0.723. The normalized spacial score (nSPS) is 13.6. The number of hydrogen-bond donors (Lipinski definition) is 2. The van der Waals surface area contributed by atoms with Crippen LogP contribution in [0, 0.1) is 0 Å². The molecule has 0 bridgehead atoms. The van der Waals surface area contributed by atoms with Crippen molar-refractivity contribution in [1.29, 1.82) is 0 Å². The highest BCUT2D eigenvalue weighted by molar-refractivity contribution is 7.12. The molecule has 2 N–H and O–H groups in total. The van der Waals surface area contributed by atoms with Gasteiger partial charge < -0.3 is 19.9 Å². The molecule has 0 aliphatic carbocycles. The monoisotopic (exact) mass is 403 g/mol. The first-order valence-corrected chi connectivity index (χ1v) is 8.52. The first-order valence-electron chi connectivity index (χ1n) is 7.64. The fourth-order valence-corrected chi connectivity index (χ4v) is 2.86. The lowest BCUT2D eigenvalue weighted by molar-refractivity contribution is -0.267. The van der Waals surface area contributed by atoms with Crippen LogP contribution in [0.4, 0.5) is 18.9 Å². The summed E-state index contributed by atoms with van der Waals surface area (Å²) >= 11 is 1.18. The first kappa shape index (κ1) is 20.7. The molecule has 0 radical (unpaired) electrons. The molecule has 2 rings (SSSR count). The molecule has 0 aliphatic heterocycles. The molecule has 1 amide bonds. The minimum absolute atomic E-state index is 0.0769. The molecule has 146 valence electrons. The molecule has 0 saturated heterocycles. The summed E-state index contributed by atoms with van der Waals surface area (Å²) in [4.78, 5) is 24.3. The van der Waals surface area contributed by atoms with Crippen molar-refractivity contribution in [2.24, 2.45) is 0 Å². The van der Waals surface area contributed by atoms with Crippen LogP contribution >= 0.6 is 11.3 Å². The maximum absolute atomic E-state index is 13.4. The zero-order valence-electron chi connectivity index (χ0n) is 14.3. The minimum Gasteiger partial charge on any atom is -0.495 e. The molecule has 1 atom stereocenters. The van der Waals surface area contributed by atoms with E-state index in [0.717, 1.165) is 18.2 Å². The van der Waals surface area contributed by atoms with E-state index in [-0.39, 0.29) is 18.0 Å². The van der Waals surface area contributed by atoms with E-state index in [1.165, 1.54) is 25.4 Å². The van der Waals surface area contributed by atoms with E-state index in [1.54, 1.807) is 17.5 Å². The zero-order valence-corrected chi connectivity index (χ0v) is 15.1. The summed E-state index contributed by atoms with van der Waals surface area (Å²) in [7, 11) is 1.18. The number of rotatable bonds is 6. The Bertz CT molecular complexity index is 822. The molecule has 6 nitrogen and oxygen atoms in total. The van der Waals surface area contributed by atoms with Crippen molar-refractivity contribution >= 4 is 28.9 Å². The van der Waals surface area contributed by atoms with E-state index in [9.17, 15) is 27.9 Å². The maximum atomic E-state index is 13.4. The number of hydrogen-bond acceptors (Lipinski definition) is 6. The van der Waals surface area contributed by atoms with Crippen molar-refractivity contribution < 1.29 is 37.3 Å². The zero-order chi connectivity index (χ0) is 20.2. The summed E-state index contributed by atoms with van der Waals surface area (Å²) in [5, 5.41) is 14.3. The van der Waals surface area contributed by atoms with E-state index in [4.69, 9.17) is 4.74 Å². The lowest BCUT2D eigenvalue weighted by atomic mass is 9.92. The summed E-state index contributed by atoms with van der Waals surface area (Å²) in [6.45, 7) is 0.974. The summed E-state index contributed by atoms with van der Waals surface area (Å²) in [5.41, 5.74) is -4.58. The molecule has 10 heteroatoms. The van der Waals surface area contributed by atoms with E-state index in [1.807, 2.05) is 0 Å². The van der Waals surface area contributed by atoms with Crippen LogP contribution in [0.2, 0.25) is 0 Å². The van der Waals surface area contributed by atoms with Crippen LogP contribution in [0.3, 0.4) is 0 Å².